The maximum atomic E-state index is 8.55. The van der Waals surface area contributed by atoms with E-state index in [1.807, 2.05) is 16.7 Å². The Kier molecular flexibility index (Phi) is 1.09. The Morgan fingerprint density at radius 3 is 2.89 bits per heavy atom. The van der Waals surface area contributed by atoms with Gasteiger partial charge in [0.1, 0.15) is 0 Å². The van der Waals surface area contributed by atoms with Crippen LogP contribution < -0.4 is 0 Å². The molecule has 2 saturated heterocycles. The van der Waals surface area contributed by atoms with Crippen molar-refractivity contribution in [1.29, 1.82) is 5.26 Å². The van der Waals surface area contributed by atoms with Gasteiger partial charge in [0.15, 0.2) is 6.19 Å². The molecule has 0 spiro atoms. The van der Waals surface area contributed by atoms with Gasteiger partial charge >= 0.3 is 0 Å². The molecule has 2 atom stereocenters. The molecular formula is C6H8N2S. The van der Waals surface area contributed by atoms with E-state index in [0.29, 0.717) is 6.04 Å². The quantitative estimate of drug-likeness (QED) is 0.462. The van der Waals surface area contributed by atoms with Crippen LogP contribution in [0.15, 0.2) is 0 Å². The minimum Gasteiger partial charge on any atom is -0.306 e. The summed E-state index contributed by atoms with van der Waals surface area (Å²) in [5.74, 6) is 1.18. The summed E-state index contributed by atoms with van der Waals surface area (Å²) in [6, 6.07) is 0.588. The Labute approximate surface area is 58.8 Å². The highest BCUT2D eigenvalue weighted by Gasteiger charge is 2.37. The van der Waals surface area contributed by atoms with Crippen molar-refractivity contribution < 1.29 is 0 Å². The number of likely N-dealkylation sites (tertiary alicyclic amines) is 1. The molecule has 2 bridgehead atoms. The van der Waals surface area contributed by atoms with Crippen molar-refractivity contribution in [1.82, 2.24) is 4.90 Å². The standard InChI is InChI=1S/C6H8N2S/c7-4-8-2-6-1-5(8)3-9-6/h5-6H,1-3H2. The van der Waals surface area contributed by atoms with Crippen LogP contribution in [0.5, 0.6) is 0 Å². The second kappa shape index (κ2) is 1.81. The van der Waals surface area contributed by atoms with Gasteiger partial charge in [-0.05, 0) is 6.42 Å². The van der Waals surface area contributed by atoms with E-state index >= 15 is 0 Å². The molecule has 48 valence electrons. The minimum atomic E-state index is 0.588. The van der Waals surface area contributed by atoms with E-state index in [1.54, 1.807) is 0 Å². The molecule has 2 rings (SSSR count). The molecule has 2 aliphatic heterocycles. The molecule has 0 N–H and O–H groups in total. The number of nitriles is 1. The smallest absolute Gasteiger partial charge is 0.179 e. The highest BCUT2D eigenvalue weighted by Crippen LogP contribution is 2.36. The molecule has 0 aliphatic carbocycles. The summed E-state index contributed by atoms with van der Waals surface area (Å²) >= 11 is 2.02. The van der Waals surface area contributed by atoms with Crippen LogP contribution in [0.1, 0.15) is 6.42 Å². The average Bonchev–Trinajstić information content (AvgIpc) is 2.45. The van der Waals surface area contributed by atoms with Crippen molar-refractivity contribution in [2.45, 2.75) is 17.7 Å². The molecule has 9 heavy (non-hydrogen) atoms. The molecule has 0 radical (unpaired) electrons. The first-order valence-electron chi connectivity index (χ1n) is 3.18. The topological polar surface area (TPSA) is 27.0 Å². The van der Waals surface area contributed by atoms with E-state index in [1.165, 1.54) is 12.2 Å². The van der Waals surface area contributed by atoms with Gasteiger partial charge in [0, 0.05) is 23.6 Å². The molecular weight excluding hydrogens is 132 g/mol. The van der Waals surface area contributed by atoms with E-state index in [9.17, 15) is 0 Å². The second-order valence-electron chi connectivity index (χ2n) is 2.60. The Balaban J connectivity index is 2.12. The van der Waals surface area contributed by atoms with Gasteiger partial charge in [0.25, 0.3) is 0 Å². The molecule has 2 nitrogen and oxygen atoms in total. The normalized spacial score (nSPS) is 39.2. The lowest BCUT2D eigenvalue weighted by Crippen LogP contribution is -2.29. The molecule has 2 aliphatic rings. The summed E-state index contributed by atoms with van der Waals surface area (Å²) in [5, 5.41) is 9.33. The van der Waals surface area contributed by atoms with Crippen LogP contribution in [-0.4, -0.2) is 28.5 Å². The zero-order chi connectivity index (χ0) is 6.27. The average molecular weight is 140 g/mol. The number of thioether (sulfide) groups is 1. The first-order valence-corrected chi connectivity index (χ1v) is 4.23. The number of hydrogen-bond acceptors (Lipinski definition) is 3. The summed E-state index contributed by atoms with van der Waals surface area (Å²) in [5.41, 5.74) is 0. The van der Waals surface area contributed by atoms with Crippen LogP contribution in [0.25, 0.3) is 0 Å². The third-order valence-electron chi connectivity index (χ3n) is 2.03. The van der Waals surface area contributed by atoms with Gasteiger partial charge in [-0.1, -0.05) is 0 Å². The van der Waals surface area contributed by atoms with Crippen LogP contribution in [0, 0.1) is 11.5 Å². The molecule has 0 aromatic heterocycles. The first kappa shape index (κ1) is 5.43. The van der Waals surface area contributed by atoms with Crippen LogP contribution in [-0.2, 0) is 0 Å². The zero-order valence-electron chi connectivity index (χ0n) is 5.08. The third-order valence-corrected chi connectivity index (χ3v) is 3.42. The van der Waals surface area contributed by atoms with Gasteiger partial charge in [-0.15, -0.1) is 0 Å². The highest BCUT2D eigenvalue weighted by molar-refractivity contribution is 8.00. The fourth-order valence-corrected chi connectivity index (χ4v) is 2.96. The monoisotopic (exact) mass is 140 g/mol. The van der Waals surface area contributed by atoms with E-state index in [4.69, 9.17) is 5.26 Å². The Morgan fingerprint density at radius 2 is 2.56 bits per heavy atom. The van der Waals surface area contributed by atoms with Crippen molar-refractivity contribution in [2.24, 2.45) is 0 Å². The Hall–Kier alpha value is -0.360. The summed E-state index contributed by atoms with van der Waals surface area (Å²) < 4.78 is 0. The molecule has 3 heteroatoms. The molecule has 0 saturated carbocycles. The number of fused-ring (bicyclic) bond motifs is 2. The Bertz CT molecular complexity index is 163. The lowest BCUT2D eigenvalue weighted by atomic mass is 10.2. The van der Waals surface area contributed by atoms with Crippen LogP contribution in [0.3, 0.4) is 0 Å². The summed E-state index contributed by atoms with van der Waals surface area (Å²) in [6.45, 7) is 1.01. The highest BCUT2D eigenvalue weighted by atomic mass is 32.2. The summed E-state index contributed by atoms with van der Waals surface area (Å²) in [7, 11) is 0. The van der Waals surface area contributed by atoms with Crippen LogP contribution in [0.4, 0.5) is 0 Å². The summed E-state index contributed by atoms with van der Waals surface area (Å²) in [6.07, 6.45) is 3.46. The van der Waals surface area contributed by atoms with E-state index in [-0.39, 0.29) is 0 Å². The predicted molar refractivity (Wildman–Crippen MR) is 37.0 cm³/mol. The minimum absolute atomic E-state index is 0.588. The molecule has 0 aromatic carbocycles. The fraction of sp³-hybridized carbons (Fsp3) is 0.833. The second-order valence-corrected chi connectivity index (χ2v) is 3.93. The Morgan fingerprint density at radius 1 is 1.67 bits per heavy atom. The van der Waals surface area contributed by atoms with Crippen LogP contribution in [0.2, 0.25) is 0 Å². The van der Waals surface area contributed by atoms with Crippen LogP contribution >= 0.6 is 11.8 Å². The van der Waals surface area contributed by atoms with Crippen molar-refractivity contribution in [3.63, 3.8) is 0 Å². The van der Waals surface area contributed by atoms with E-state index < -0.39 is 0 Å². The SMILES string of the molecule is N#CN1CC2CC1CS2. The molecule has 2 unspecified atom stereocenters. The number of hydrogen-bond donors (Lipinski definition) is 0. The fourth-order valence-electron chi connectivity index (χ4n) is 1.52. The maximum absolute atomic E-state index is 8.55. The van der Waals surface area contributed by atoms with E-state index in [2.05, 4.69) is 6.19 Å². The van der Waals surface area contributed by atoms with Gasteiger partial charge in [-0.3, -0.25) is 0 Å². The lowest BCUT2D eigenvalue weighted by molar-refractivity contribution is 0.390. The molecule has 2 heterocycles. The van der Waals surface area contributed by atoms with Gasteiger partial charge in [0.2, 0.25) is 0 Å². The number of nitrogens with zero attached hydrogens (tertiary/aromatic N) is 2. The predicted octanol–water partition coefficient (Wildman–Crippen LogP) is 0.657. The largest absolute Gasteiger partial charge is 0.306 e. The maximum Gasteiger partial charge on any atom is 0.179 e. The van der Waals surface area contributed by atoms with Crippen molar-refractivity contribution in [3.8, 4) is 6.19 Å². The molecule has 0 aromatic rings. The zero-order valence-corrected chi connectivity index (χ0v) is 5.90. The van der Waals surface area contributed by atoms with E-state index in [0.717, 1.165) is 11.8 Å². The van der Waals surface area contributed by atoms with Crippen molar-refractivity contribution >= 4 is 11.8 Å². The summed E-state index contributed by atoms with van der Waals surface area (Å²) in [4.78, 5) is 1.92. The van der Waals surface area contributed by atoms with Gasteiger partial charge in [-0.25, -0.2) is 0 Å². The van der Waals surface area contributed by atoms with Gasteiger partial charge < -0.3 is 4.90 Å². The molecule has 0 amide bonds. The van der Waals surface area contributed by atoms with Gasteiger partial charge in [0.05, 0.1) is 0 Å². The van der Waals surface area contributed by atoms with Crippen molar-refractivity contribution in [2.75, 3.05) is 12.3 Å². The third kappa shape index (κ3) is 0.699. The van der Waals surface area contributed by atoms with Gasteiger partial charge in [-0.2, -0.15) is 17.0 Å². The first-order chi connectivity index (χ1) is 4.40. The van der Waals surface area contributed by atoms with Crippen molar-refractivity contribution in [3.05, 3.63) is 0 Å². The molecule has 2 fully saturated rings. The lowest BCUT2D eigenvalue weighted by Gasteiger charge is -2.19. The number of rotatable bonds is 0.